The smallest absolute Gasteiger partial charge is 0.109 e. The molecule has 2 aromatic rings. The second kappa shape index (κ2) is 5.82. The largest absolute Gasteiger partial charge is 0.385 e. The van der Waals surface area contributed by atoms with E-state index >= 15 is 0 Å². The van der Waals surface area contributed by atoms with E-state index in [9.17, 15) is 0 Å². The Balaban J connectivity index is 2.30. The highest BCUT2D eigenvalue weighted by molar-refractivity contribution is 5.75. The molecule has 0 saturated heterocycles. The summed E-state index contributed by atoms with van der Waals surface area (Å²) >= 11 is 0. The Hall–Kier alpha value is -1.35. The van der Waals surface area contributed by atoms with E-state index in [0.717, 1.165) is 37.9 Å². The molecule has 0 fully saturated rings. The molecule has 0 bridgehead atoms. The van der Waals surface area contributed by atoms with E-state index in [1.54, 1.807) is 7.11 Å². The number of imidazole rings is 1. The maximum absolute atomic E-state index is 5.12. The molecule has 0 amide bonds. The molecule has 0 saturated carbocycles. The summed E-state index contributed by atoms with van der Waals surface area (Å²) in [4.78, 5) is 4.70. The summed E-state index contributed by atoms with van der Waals surface area (Å²) < 4.78 is 7.45. The van der Waals surface area contributed by atoms with Crippen LogP contribution in [0, 0.1) is 0 Å². The van der Waals surface area contributed by atoms with Gasteiger partial charge in [-0.05, 0) is 25.0 Å². The second-order valence-corrected chi connectivity index (χ2v) is 4.26. The molecule has 0 aliphatic heterocycles. The first-order valence-corrected chi connectivity index (χ1v) is 6.30. The van der Waals surface area contributed by atoms with Crippen molar-refractivity contribution in [2.24, 2.45) is 0 Å². The lowest BCUT2D eigenvalue weighted by atomic mass is 10.3. The van der Waals surface area contributed by atoms with Crippen LogP contribution in [0.2, 0.25) is 0 Å². The fourth-order valence-corrected chi connectivity index (χ4v) is 2.16. The number of aryl methyl sites for hydroxylation is 2. The van der Waals surface area contributed by atoms with Crippen LogP contribution in [0.3, 0.4) is 0 Å². The predicted molar refractivity (Wildman–Crippen MR) is 70.2 cm³/mol. The number of benzene rings is 1. The zero-order valence-electron chi connectivity index (χ0n) is 10.6. The number of methoxy groups -OCH3 is 1. The average molecular weight is 232 g/mol. The van der Waals surface area contributed by atoms with Gasteiger partial charge in [0, 0.05) is 26.7 Å². The van der Waals surface area contributed by atoms with E-state index in [-0.39, 0.29) is 0 Å². The zero-order chi connectivity index (χ0) is 12.1. The van der Waals surface area contributed by atoms with Crippen LogP contribution in [0.15, 0.2) is 24.3 Å². The molecule has 1 aromatic carbocycles. The molecule has 0 aliphatic carbocycles. The maximum atomic E-state index is 5.12. The molecule has 0 radical (unpaired) electrons. The third kappa shape index (κ3) is 2.67. The van der Waals surface area contributed by atoms with Gasteiger partial charge < -0.3 is 9.30 Å². The van der Waals surface area contributed by atoms with Gasteiger partial charge in [0.05, 0.1) is 11.0 Å². The molecule has 0 spiro atoms. The van der Waals surface area contributed by atoms with E-state index in [1.807, 2.05) is 6.07 Å². The lowest BCUT2D eigenvalue weighted by Gasteiger charge is -2.08. The van der Waals surface area contributed by atoms with Gasteiger partial charge in [-0.1, -0.05) is 19.1 Å². The monoisotopic (exact) mass is 232 g/mol. The Morgan fingerprint density at radius 3 is 2.88 bits per heavy atom. The van der Waals surface area contributed by atoms with Crippen molar-refractivity contribution < 1.29 is 4.74 Å². The van der Waals surface area contributed by atoms with Crippen molar-refractivity contribution in [2.75, 3.05) is 13.7 Å². The van der Waals surface area contributed by atoms with Gasteiger partial charge in [0.25, 0.3) is 0 Å². The van der Waals surface area contributed by atoms with E-state index in [4.69, 9.17) is 9.72 Å². The molecule has 3 heteroatoms. The summed E-state index contributed by atoms with van der Waals surface area (Å²) in [6.07, 6.45) is 3.21. The Bertz CT molecular complexity index is 476. The van der Waals surface area contributed by atoms with Crippen LogP contribution in [-0.4, -0.2) is 23.3 Å². The third-order valence-corrected chi connectivity index (χ3v) is 2.94. The summed E-state index contributed by atoms with van der Waals surface area (Å²) in [5, 5.41) is 0. The standard InChI is InChI=1S/C14H20N2O/c1-3-7-14-15-12-8-4-5-9-13(12)16(14)10-6-11-17-2/h4-5,8-9H,3,6-7,10-11H2,1-2H3. The fraction of sp³-hybridized carbons (Fsp3) is 0.500. The fourth-order valence-electron chi connectivity index (χ4n) is 2.16. The van der Waals surface area contributed by atoms with E-state index in [1.165, 1.54) is 11.3 Å². The minimum absolute atomic E-state index is 0.804. The van der Waals surface area contributed by atoms with Gasteiger partial charge in [-0.25, -0.2) is 4.98 Å². The molecule has 0 N–H and O–H groups in total. The van der Waals surface area contributed by atoms with E-state index < -0.39 is 0 Å². The lowest BCUT2D eigenvalue weighted by molar-refractivity contribution is 0.190. The predicted octanol–water partition coefficient (Wildman–Crippen LogP) is 3.03. The van der Waals surface area contributed by atoms with Crippen LogP contribution in [-0.2, 0) is 17.7 Å². The topological polar surface area (TPSA) is 27.1 Å². The van der Waals surface area contributed by atoms with Crippen molar-refractivity contribution in [1.29, 1.82) is 0 Å². The van der Waals surface area contributed by atoms with Gasteiger partial charge in [-0.2, -0.15) is 0 Å². The van der Waals surface area contributed by atoms with Crippen molar-refractivity contribution in [1.82, 2.24) is 9.55 Å². The molecular weight excluding hydrogens is 212 g/mol. The van der Waals surface area contributed by atoms with E-state index in [2.05, 4.69) is 29.7 Å². The van der Waals surface area contributed by atoms with Gasteiger partial charge in [0.2, 0.25) is 0 Å². The van der Waals surface area contributed by atoms with Crippen LogP contribution >= 0.6 is 0 Å². The Morgan fingerprint density at radius 1 is 1.29 bits per heavy atom. The van der Waals surface area contributed by atoms with Crippen molar-refractivity contribution in [2.45, 2.75) is 32.7 Å². The summed E-state index contributed by atoms with van der Waals surface area (Å²) in [6.45, 7) is 3.99. The average Bonchev–Trinajstić information content (AvgIpc) is 2.69. The number of aromatic nitrogens is 2. The summed E-state index contributed by atoms with van der Waals surface area (Å²) in [6, 6.07) is 8.35. The van der Waals surface area contributed by atoms with Gasteiger partial charge in [0.15, 0.2) is 0 Å². The molecular formula is C14H20N2O. The number of rotatable bonds is 6. The number of hydrogen-bond acceptors (Lipinski definition) is 2. The molecule has 2 rings (SSSR count). The summed E-state index contributed by atoms with van der Waals surface area (Å²) in [5.41, 5.74) is 2.35. The molecule has 3 nitrogen and oxygen atoms in total. The molecule has 1 aromatic heterocycles. The third-order valence-electron chi connectivity index (χ3n) is 2.94. The van der Waals surface area contributed by atoms with Gasteiger partial charge in [-0.3, -0.25) is 0 Å². The molecule has 1 heterocycles. The van der Waals surface area contributed by atoms with Crippen molar-refractivity contribution in [3.05, 3.63) is 30.1 Å². The quantitative estimate of drug-likeness (QED) is 0.716. The minimum Gasteiger partial charge on any atom is -0.385 e. The Kier molecular flexibility index (Phi) is 4.15. The Morgan fingerprint density at radius 2 is 2.12 bits per heavy atom. The molecule has 17 heavy (non-hydrogen) atoms. The second-order valence-electron chi connectivity index (χ2n) is 4.26. The first-order valence-electron chi connectivity index (χ1n) is 6.30. The lowest BCUT2D eigenvalue weighted by Crippen LogP contribution is -2.06. The highest BCUT2D eigenvalue weighted by atomic mass is 16.5. The van der Waals surface area contributed by atoms with E-state index in [0.29, 0.717) is 0 Å². The molecule has 0 aliphatic rings. The zero-order valence-corrected chi connectivity index (χ0v) is 10.6. The number of ether oxygens (including phenoxy) is 1. The van der Waals surface area contributed by atoms with Crippen LogP contribution in [0.5, 0.6) is 0 Å². The van der Waals surface area contributed by atoms with Gasteiger partial charge in [0.1, 0.15) is 5.82 Å². The van der Waals surface area contributed by atoms with Crippen LogP contribution in [0.1, 0.15) is 25.6 Å². The molecule has 0 unspecified atom stereocenters. The first kappa shape index (κ1) is 12.1. The van der Waals surface area contributed by atoms with Crippen LogP contribution in [0.25, 0.3) is 11.0 Å². The van der Waals surface area contributed by atoms with Crippen molar-refractivity contribution in [3.63, 3.8) is 0 Å². The maximum Gasteiger partial charge on any atom is 0.109 e. The number of nitrogens with zero attached hydrogens (tertiary/aromatic N) is 2. The van der Waals surface area contributed by atoms with Crippen LogP contribution in [0.4, 0.5) is 0 Å². The number of para-hydroxylation sites is 2. The van der Waals surface area contributed by atoms with Crippen molar-refractivity contribution in [3.8, 4) is 0 Å². The summed E-state index contributed by atoms with van der Waals surface area (Å²) in [7, 11) is 1.75. The highest BCUT2D eigenvalue weighted by Gasteiger charge is 2.08. The molecule has 0 atom stereocenters. The number of fused-ring (bicyclic) bond motifs is 1. The SMILES string of the molecule is CCCc1nc2ccccc2n1CCCOC. The van der Waals surface area contributed by atoms with Crippen molar-refractivity contribution >= 4 is 11.0 Å². The van der Waals surface area contributed by atoms with Gasteiger partial charge in [-0.15, -0.1) is 0 Å². The normalized spacial score (nSPS) is 11.2. The first-order chi connectivity index (χ1) is 8.36. The Labute approximate surface area is 102 Å². The van der Waals surface area contributed by atoms with Gasteiger partial charge >= 0.3 is 0 Å². The summed E-state index contributed by atoms with van der Waals surface area (Å²) in [5.74, 6) is 1.20. The highest BCUT2D eigenvalue weighted by Crippen LogP contribution is 2.17. The number of hydrogen-bond donors (Lipinski definition) is 0. The minimum atomic E-state index is 0.804. The van der Waals surface area contributed by atoms with Crippen LogP contribution < -0.4 is 0 Å². The molecule has 92 valence electrons.